The molecule has 8 heteroatoms. The molecule has 0 saturated carbocycles. The van der Waals surface area contributed by atoms with Gasteiger partial charge < -0.3 is 10.3 Å². The van der Waals surface area contributed by atoms with E-state index in [1.54, 1.807) is 0 Å². The van der Waals surface area contributed by atoms with Crippen LogP contribution in [-0.4, -0.2) is 15.9 Å². The van der Waals surface area contributed by atoms with Crippen molar-refractivity contribution in [1.82, 2.24) is 9.97 Å². The van der Waals surface area contributed by atoms with E-state index in [4.69, 9.17) is 5.26 Å². The monoisotopic (exact) mass is 280 g/mol. The summed E-state index contributed by atoms with van der Waals surface area (Å²) in [6.07, 6.45) is -2.24. The fourth-order valence-corrected chi connectivity index (χ4v) is 1.45. The lowest BCUT2D eigenvalue weighted by Gasteiger charge is -2.08. The largest absolute Gasteiger partial charge is 0.416 e. The lowest BCUT2D eigenvalue weighted by molar-refractivity contribution is -0.137. The topological polar surface area (TPSA) is 81.6 Å². The number of aromatic amines is 1. The number of nitrogens with zero attached hydrogens (tertiary/aromatic N) is 2. The number of hydrogen-bond donors (Lipinski definition) is 2. The molecular weight excluding hydrogens is 273 g/mol. The molecule has 2 aromatic rings. The van der Waals surface area contributed by atoms with Crippen molar-refractivity contribution in [2.45, 2.75) is 6.18 Å². The van der Waals surface area contributed by atoms with E-state index in [9.17, 15) is 18.0 Å². The number of carbonyl (C=O) groups is 1. The van der Waals surface area contributed by atoms with Crippen LogP contribution < -0.4 is 5.32 Å². The number of aromatic nitrogens is 2. The number of hydrogen-bond acceptors (Lipinski definition) is 3. The van der Waals surface area contributed by atoms with E-state index in [0.29, 0.717) is 0 Å². The second kappa shape index (κ2) is 5.05. The Labute approximate surface area is 111 Å². The molecule has 0 aliphatic carbocycles. The standard InChI is InChI=1S/C12H7F3N4O/c13-12(14,15)8-1-2-17-10(4-8)19-11(20)9-3-7(5-16)6-18-9/h1-4,6,18H,(H,17,19,20). The third-order valence-corrected chi connectivity index (χ3v) is 2.39. The number of carbonyl (C=O) groups excluding carboxylic acids is 1. The van der Waals surface area contributed by atoms with Crippen molar-refractivity contribution >= 4 is 11.7 Å². The van der Waals surface area contributed by atoms with Gasteiger partial charge in [-0.25, -0.2) is 4.98 Å². The van der Waals surface area contributed by atoms with Crippen molar-refractivity contribution in [3.63, 3.8) is 0 Å². The van der Waals surface area contributed by atoms with Crippen LogP contribution in [0.4, 0.5) is 19.0 Å². The maximum atomic E-state index is 12.5. The highest BCUT2D eigenvalue weighted by atomic mass is 19.4. The minimum atomic E-state index is -4.51. The number of alkyl halides is 3. The maximum Gasteiger partial charge on any atom is 0.416 e. The van der Waals surface area contributed by atoms with E-state index in [2.05, 4.69) is 15.3 Å². The minimum Gasteiger partial charge on any atom is -0.356 e. The normalized spacial score (nSPS) is 10.9. The molecule has 102 valence electrons. The summed E-state index contributed by atoms with van der Waals surface area (Å²) >= 11 is 0. The van der Waals surface area contributed by atoms with Crippen molar-refractivity contribution < 1.29 is 18.0 Å². The predicted molar refractivity (Wildman–Crippen MR) is 62.7 cm³/mol. The Bertz CT molecular complexity index is 684. The van der Waals surface area contributed by atoms with Crippen molar-refractivity contribution in [2.75, 3.05) is 5.32 Å². The van der Waals surface area contributed by atoms with Gasteiger partial charge >= 0.3 is 6.18 Å². The first-order valence-electron chi connectivity index (χ1n) is 5.33. The first-order valence-corrected chi connectivity index (χ1v) is 5.33. The van der Waals surface area contributed by atoms with Gasteiger partial charge in [-0.2, -0.15) is 18.4 Å². The van der Waals surface area contributed by atoms with Crippen LogP contribution in [0.25, 0.3) is 0 Å². The average molecular weight is 280 g/mol. The molecule has 0 unspecified atom stereocenters. The molecular formula is C12H7F3N4O. The van der Waals surface area contributed by atoms with E-state index < -0.39 is 17.6 Å². The number of amides is 1. The number of H-pyrrole nitrogens is 1. The second-order valence-electron chi connectivity index (χ2n) is 3.80. The molecule has 2 aromatic heterocycles. The molecule has 0 fully saturated rings. The Kier molecular flexibility index (Phi) is 3.43. The first kappa shape index (κ1) is 13.6. The summed E-state index contributed by atoms with van der Waals surface area (Å²) in [6.45, 7) is 0. The predicted octanol–water partition coefficient (Wildman–Crippen LogP) is 2.55. The van der Waals surface area contributed by atoms with Crippen LogP contribution in [0.3, 0.4) is 0 Å². The van der Waals surface area contributed by atoms with Crippen molar-refractivity contribution in [3.05, 3.63) is 47.4 Å². The van der Waals surface area contributed by atoms with Gasteiger partial charge in [0.05, 0.1) is 11.1 Å². The van der Waals surface area contributed by atoms with Gasteiger partial charge in [0.2, 0.25) is 0 Å². The van der Waals surface area contributed by atoms with E-state index in [-0.39, 0.29) is 17.1 Å². The van der Waals surface area contributed by atoms with Crippen molar-refractivity contribution in [2.24, 2.45) is 0 Å². The summed E-state index contributed by atoms with van der Waals surface area (Å²) in [6, 6.07) is 4.63. The third kappa shape index (κ3) is 2.95. The summed E-state index contributed by atoms with van der Waals surface area (Å²) in [5.41, 5.74) is -0.611. The van der Waals surface area contributed by atoms with Crippen molar-refractivity contribution in [1.29, 1.82) is 5.26 Å². The molecule has 0 bridgehead atoms. The van der Waals surface area contributed by atoms with E-state index in [1.807, 2.05) is 6.07 Å². The second-order valence-corrected chi connectivity index (χ2v) is 3.80. The molecule has 0 saturated heterocycles. The highest BCUT2D eigenvalue weighted by Crippen LogP contribution is 2.29. The van der Waals surface area contributed by atoms with Crippen LogP contribution in [-0.2, 0) is 6.18 Å². The molecule has 0 atom stereocenters. The highest BCUT2D eigenvalue weighted by Gasteiger charge is 2.30. The number of halogens is 3. The summed E-state index contributed by atoms with van der Waals surface area (Å²) < 4.78 is 37.5. The fraction of sp³-hybridized carbons (Fsp3) is 0.0833. The SMILES string of the molecule is N#Cc1c[nH]c(C(=O)Nc2cc(C(F)(F)F)ccn2)c1. The smallest absolute Gasteiger partial charge is 0.356 e. The molecule has 2 heterocycles. The van der Waals surface area contributed by atoms with Gasteiger partial charge in [-0.05, 0) is 18.2 Å². The van der Waals surface area contributed by atoms with E-state index in [1.165, 1.54) is 12.3 Å². The summed E-state index contributed by atoms with van der Waals surface area (Å²) in [4.78, 5) is 17.9. The molecule has 5 nitrogen and oxygen atoms in total. The molecule has 20 heavy (non-hydrogen) atoms. The third-order valence-electron chi connectivity index (χ3n) is 2.39. The Morgan fingerprint density at radius 2 is 2.15 bits per heavy atom. The van der Waals surface area contributed by atoms with Gasteiger partial charge in [-0.15, -0.1) is 0 Å². The number of nitrogens with one attached hydrogen (secondary N) is 2. The maximum absolute atomic E-state index is 12.5. The molecule has 0 aliphatic heterocycles. The molecule has 0 aliphatic rings. The first-order chi connectivity index (χ1) is 9.40. The van der Waals surface area contributed by atoms with Crippen LogP contribution in [0.15, 0.2) is 30.6 Å². The van der Waals surface area contributed by atoms with Gasteiger partial charge in [0, 0.05) is 12.4 Å². The Balaban J connectivity index is 2.18. The quantitative estimate of drug-likeness (QED) is 0.886. The molecule has 0 spiro atoms. The van der Waals surface area contributed by atoms with Crippen LogP contribution in [0, 0.1) is 11.3 Å². The van der Waals surface area contributed by atoms with E-state index in [0.717, 1.165) is 18.3 Å². The lowest BCUT2D eigenvalue weighted by atomic mass is 10.2. The Morgan fingerprint density at radius 1 is 1.40 bits per heavy atom. The summed E-state index contributed by atoms with van der Waals surface area (Å²) in [7, 11) is 0. The summed E-state index contributed by atoms with van der Waals surface area (Å²) in [5.74, 6) is -0.906. The minimum absolute atomic E-state index is 0.0563. The number of nitriles is 1. The fourth-order valence-electron chi connectivity index (χ4n) is 1.45. The summed E-state index contributed by atoms with van der Waals surface area (Å²) in [5, 5.41) is 10.8. The average Bonchev–Trinajstić information content (AvgIpc) is 2.87. The van der Waals surface area contributed by atoms with Crippen molar-refractivity contribution in [3.8, 4) is 6.07 Å². The zero-order valence-electron chi connectivity index (χ0n) is 9.82. The molecule has 0 radical (unpaired) electrons. The molecule has 0 aromatic carbocycles. The van der Waals surface area contributed by atoms with Gasteiger partial charge in [0.1, 0.15) is 17.6 Å². The zero-order chi connectivity index (χ0) is 14.8. The Morgan fingerprint density at radius 3 is 2.75 bits per heavy atom. The zero-order valence-corrected chi connectivity index (χ0v) is 9.82. The number of anilines is 1. The van der Waals surface area contributed by atoms with E-state index >= 15 is 0 Å². The number of pyridine rings is 1. The van der Waals surface area contributed by atoms with Crippen LogP contribution in [0.5, 0.6) is 0 Å². The molecule has 2 N–H and O–H groups in total. The van der Waals surface area contributed by atoms with Gasteiger partial charge in [0.15, 0.2) is 0 Å². The van der Waals surface area contributed by atoms with Gasteiger partial charge in [-0.3, -0.25) is 4.79 Å². The Hall–Kier alpha value is -2.82. The van der Waals surface area contributed by atoms with Crippen LogP contribution >= 0.6 is 0 Å². The highest BCUT2D eigenvalue weighted by molar-refractivity contribution is 6.02. The van der Waals surface area contributed by atoms with Crippen LogP contribution in [0.1, 0.15) is 21.6 Å². The number of rotatable bonds is 2. The molecule has 1 amide bonds. The van der Waals surface area contributed by atoms with Gasteiger partial charge in [-0.1, -0.05) is 0 Å². The lowest BCUT2D eigenvalue weighted by Crippen LogP contribution is -2.14. The van der Waals surface area contributed by atoms with Crippen LogP contribution in [0.2, 0.25) is 0 Å². The van der Waals surface area contributed by atoms with Gasteiger partial charge in [0.25, 0.3) is 5.91 Å². The molecule has 2 rings (SSSR count).